The van der Waals surface area contributed by atoms with E-state index in [1.54, 1.807) is 11.3 Å². The second kappa shape index (κ2) is 7.40. The van der Waals surface area contributed by atoms with Crippen LogP contribution >= 0.6 is 11.3 Å². The topological polar surface area (TPSA) is 53.4 Å². The Morgan fingerprint density at radius 2 is 1.91 bits per heavy atom. The molecule has 118 valence electrons. The van der Waals surface area contributed by atoms with Crippen LogP contribution in [-0.4, -0.2) is 29.1 Å². The van der Waals surface area contributed by atoms with Crippen molar-refractivity contribution in [1.82, 2.24) is 4.98 Å². The van der Waals surface area contributed by atoms with Gasteiger partial charge in [-0.15, -0.1) is 11.3 Å². The molecule has 0 radical (unpaired) electrons. The van der Waals surface area contributed by atoms with Crippen LogP contribution in [0.25, 0.3) is 11.3 Å². The molecule has 0 fully saturated rings. The van der Waals surface area contributed by atoms with Crippen LogP contribution in [0.3, 0.4) is 0 Å². The van der Waals surface area contributed by atoms with Gasteiger partial charge in [-0.3, -0.25) is 4.79 Å². The number of carboxylic acids is 1. The summed E-state index contributed by atoms with van der Waals surface area (Å²) in [6, 6.07) is 8.34. The van der Waals surface area contributed by atoms with Crippen molar-refractivity contribution in [2.45, 2.75) is 33.6 Å². The SMILES string of the molecule is CCCN(CCC(=O)O)c1nc(-c2ccc(C)cc2)c(C)s1. The maximum atomic E-state index is 10.8. The minimum absolute atomic E-state index is 0.137. The number of carboxylic acid groups (broad SMARTS) is 1. The van der Waals surface area contributed by atoms with E-state index in [9.17, 15) is 4.79 Å². The number of thiazole rings is 1. The molecule has 0 saturated heterocycles. The molecule has 0 unspecified atom stereocenters. The molecule has 0 amide bonds. The zero-order valence-corrected chi connectivity index (χ0v) is 14.1. The van der Waals surface area contributed by atoms with Gasteiger partial charge in [0.25, 0.3) is 0 Å². The normalized spacial score (nSPS) is 10.7. The number of carbonyl (C=O) groups is 1. The van der Waals surface area contributed by atoms with E-state index >= 15 is 0 Å². The minimum atomic E-state index is -0.770. The van der Waals surface area contributed by atoms with Gasteiger partial charge in [-0.1, -0.05) is 36.8 Å². The largest absolute Gasteiger partial charge is 0.481 e. The Balaban J connectivity index is 2.25. The van der Waals surface area contributed by atoms with E-state index in [0.717, 1.165) is 34.2 Å². The summed E-state index contributed by atoms with van der Waals surface area (Å²) in [4.78, 5) is 18.8. The molecule has 2 rings (SSSR count). The minimum Gasteiger partial charge on any atom is -0.481 e. The fourth-order valence-electron chi connectivity index (χ4n) is 2.30. The molecule has 0 saturated carbocycles. The standard InChI is InChI=1S/C17H22N2O2S/c1-4-10-19(11-9-15(20)21)17-18-16(13(3)22-17)14-7-5-12(2)6-8-14/h5-8H,4,9-11H2,1-3H3,(H,20,21). The predicted molar refractivity (Wildman–Crippen MR) is 91.8 cm³/mol. The average Bonchev–Trinajstić information content (AvgIpc) is 2.86. The maximum absolute atomic E-state index is 10.8. The Morgan fingerprint density at radius 1 is 1.23 bits per heavy atom. The number of benzene rings is 1. The zero-order valence-electron chi connectivity index (χ0n) is 13.3. The highest BCUT2D eigenvalue weighted by Crippen LogP contribution is 2.32. The lowest BCUT2D eigenvalue weighted by atomic mass is 10.1. The number of nitrogens with zero attached hydrogens (tertiary/aromatic N) is 2. The second-order valence-electron chi connectivity index (χ2n) is 5.40. The molecule has 1 aromatic heterocycles. The molecule has 1 heterocycles. The Bertz CT molecular complexity index is 635. The van der Waals surface area contributed by atoms with Crippen LogP contribution in [0.15, 0.2) is 24.3 Å². The number of anilines is 1. The van der Waals surface area contributed by atoms with E-state index in [0.29, 0.717) is 6.54 Å². The van der Waals surface area contributed by atoms with Crippen LogP contribution < -0.4 is 4.90 Å². The van der Waals surface area contributed by atoms with Gasteiger partial charge in [-0.2, -0.15) is 0 Å². The molecule has 0 aliphatic heterocycles. The van der Waals surface area contributed by atoms with Crippen molar-refractivity contribution in [3.63, 3.8) is 0 Å². The molecular formula is C17H22N2O2S. The van der Waals surface area contributed by atoms with Crippen LogP contribution in [0.1, 0.15) is 30.2 Å². The number of aryl methyl sites for hydroxylation is 2. The summed E-state index contributed by atoms with van der Waals surface area (Å²) < 4.78 is 0. The summed E-state index contributed by atoms with van der Waals surface area (Å²) in [5.74, 6) is -0.770. The average molecular weight is 318 g/mol. The van der Waals surface area contributed by atoms with Crippen molar-refractivity contribution in [1.29, 1.82) is 0 Å². The number of hydrogen-bond donors (Lipinski definition) is 1. The highest BCUT2D eigenvalue weighted by molar-refractivity contribution is 7.16. The summed E-state index contributed by atoms with van der Waals surface area (Å²) in [6.07, 6.45) is 1.11. The fourth-order valence-corrected chi connectivity index (χ4v) is 3.28. The summed E-state index contributed by atoms with van der Waals surface area (Å²) >= 11 is 1.63. The van der Waals surface area contributed by atoms with Gasteiger partial charge in [0.2, 0.25) is 0 Å². The highest BCUT2D eigenvalue weighted by atomic mass is 32.1. The van der Waals surface area contributed by atoms with Crippen LogP contribution in [0.4, 0.5) is 5.13 Å². The van der Waals surface area contributed by atoms with Gasteiger partial charge in [0, 0.05) is 23.5 Å². The quantitative estimate of drug-likeness (QED) is 0.834. The predicted octanol–water partition coefficient (Wildman–Crippen LogP) is 4.12. The van der Waals surface area contributed by atoms with E-state index in [1.807, 2.05) is 0 Å². The van der Waals surface area contributed by atoms with E-state index in [1.165, 1.54) is 5.56 Å². The summed E-state index contributed by atoms with van der Waals surface area (Å²) in [6.45, 7) is 7.56. The zero-order chi connectivity index (χ0) is 16.1. The molecule has 5 heteroatoms. The molecular weight excluding hydrogens is 296 g/mol. The molecule has 0 aliphatic carbocycles. The van der Waals surface area contributed by atoms with Crippen molar-refractivity contribution in [2.24, 2.45) is 0 Å². The molecule has 0 atom stereocenters. The third-order valence-electron chi connectivity index (χ3n) is 3.47. The monoisotopic (exact) mass is 318 g/mol. The van der Waals surface area contributed by atoms with Crippen LogP contribution in [0.2, 0.25) is 0 Å². The fraction of sp³-hybridized carbons (Fsp3) is 0.412. The number of hydrogen-bond acceptors (Lipinski definition) is 4. The van der Waals surface area contributed by atoms with Crippen molar-refractivity contribution >= 4 is 22.4 Å². The maximum Gasteiger partial charge on any atom is 0.305 e. The van der Waals surface area contributed by atoms with Crippen LogP contribution in [0.5, 0.6) is 0 Å². The Kier molecular flexibility index (Phi) is 5.55. The van der Waals surface area contributed by atoms with Gasteiger partial charge >= 0.3 is 5.97 Å². The van der Waals surface area contributed by atoms with Crippen molar-refractivity contribution < 1.29 is 9.90 Å². The molecule has 0 aliphatic rings. The highest BCUT2D eigenvalue weighted by Gasteiger charge is 2.15. The Morgan fingerprint density at radius 3 is 2.50 bits per heavy atom. The third-order valence-corrected chi connectivity index (χ3v) is 4.50. The molecule has 1 aromatic carbocycles. The molecule has 1 N–H and O–H groups in total. The Labute approximate surface area is 135 Å². The summed E-state index contributed by atoms with van der Waals surface area (Å²) in [7, 11) is 0. The van der Waals surface area contributed by atoms with E-state index in [-0.39, 0.29) is 6.42 Å². The van der Waals surface area contributed by atoms with Gasteiger partial charge in [0.15, 0.2) is 5.13 Å². The van der Waals surface area contributed by atoms with Gasteiger partial charge in [-0.25, -0.2) is 4.98 Å². The molecule has 4 nitrogen and oxygen atoms in total. The Hall–Kier alpha value is -1.88. The molecule has 0 bridgehead atoms. The first-order valence-electron chi connectivity index (χ1n) is 7.52. The van der Waals surface area contributed by atoms with E-state index < -0.39 is 5.97 Å². The van der Waals surface area contributed by atoms with Gasteiger partial charge in [0.05, 0.1) is 12.1 Å². The van der Waals surface area contributed by atoms with Crippen molar-refractivity contribution in [3.05, 3.63) is 34.7 Å². The number of aromatic nitrogens is 1. The summed E-state index contributed by atoms with van der Waals surface area (Å²) in [5, 5.41) is 9.81. The lowest BCUT2D eigenvalue weighted by Gasteiger charge is -2.19. The summed E-state index contributed by atoms with van der Waals surface area (Å²) in [5.41, 5.74) is 3.34. The number of aliphatic carboxylic acids is 1. The van der Waals surface area contributed by atoms with Gasteiger partial charge < -0.3 is 10.0 Å². The molecule has 2 aromatic rings. The first-order chi connectivity index (χ1) is 10.5. The lowest BCUT2D eigenvalue weighted by molar-refractivity contribution is -0.136. The van der Waals surface area contributed by atoms with Crippen LogP contribution in [0, 0.1) is 13.8 Å². The molecule has 0 spiro atoms. The first kappa shape index (κ1) is 16.5. The van der Waals surface area contributed by atoms with Gasteiger partial charge in [-0.05, 0) is 20.3 Å². The molecule has 22 heavy (non-hydrogen) atoms. The van der Waals surface area contributed by atoms with Crippen LogP contribution in [-0.2, 0) is 4.79 Å². The lowest BCUT2D eigenvalue weighted by Crippen LogP contribution is -2.26. The third kappa shape index (κ3) is 4.07. The smallest absolute Gasteiger partial charge is 0.305 e. The van der Waals surface area contributed by atoms with E-state index in [2.05, 4.69) is 49.9 Å². The number of rotatable bonds is 7. The van der Waals surface area contributed by atoms with Crippen molar-refractivity contribution in [2.75, 3.05) is 18.0 Å². The van der Waals surface area contributed by atoms with E-state index in [4.69, 9.17) is 10.1 Å². The first-order valence-corrected chi connectivity index (χ1v) is 8.34. The van der Waals surface area contributed by atoms with Crippen molar-refractivity contribution in [3.8, 4) is 11.3 Å². The van der Waals surface area contributed by atoms with Gasteiger partial charge in [0.1, 0.15) is 0 Å². The second-order valence-corrected chi connectivity index (χ2v) is 6.58.